The van der Waals surface area contributed by atoms with E-state index in [4.69, 9.17) is 21.7 Å². The van der Waals surface area contributed by atoms with E-state index in [2.05, 4.69) is 0 Å². The van der Waals surface area contributed by atoms with Crippen molar-refractivity contribution >= 4 is 17.3 Å². The van der Waals surface area contributed by atoms with Crippen LogP contribution in [0.1, 0.15) is 15.9 Å². The summed E-state index contributed by atoms with van der Waals surface area (Å²) >= 11 is 0. The lowest BCUT2D eigenvalue weighted by Gasteiger charge is -2.01. The molecule has 2 aromatic rings. The molecule has 0 heterocycles. The highest BCUT2D eigenvalue weighted by Gasteiger charge is 2.12. The van der Waals surface area contributed by atoms with Gasteiger partial charge in [-0.25, -0.2) is 13.6 Å². The van der Waals surface area contributed by atoms with Crippen LogP contribution in [0.3, 0.4) is 0 Å². The van der Waals surface area contributed by atoms with Crippen molar-refractivity contribution in [2.24, 2.45) is 0 Å². The molecule has 0 aromatic heterocycles. The highest BCUT2D eigenvalue weighted by Crippen LogP contribution is 2.15. The molecule has 0 saturated heterocycles. The van der Waals surface area contributed by atoms with Crippen LogP contribution < -0.4 is 11.5 Å². The quantitative estimate of drug-likeness (QED) is 0.634. The fourth-order valence-electron chi connectivity index (χ4n) is 1.51. The maximum absolute atomic E-state index is 12.6. The predicted octanol–water partition coefficient (Wildman–Crippen LogP) is 2.01. The number of carboxylic acids is 1. The van der Waals surface area contributed by atoms with Gasteiger partial charge in [-0.2, -0.15) is 0 Å². The first-order valence-electron chi connectivity index (χ1n) is 5.79. The van der Waals surface area contributed by atoms with Gasteiger partial charge in [-0.3, -0.25) is 0 Å². The van der Waals surface area contributed by atoms with E-state index in [1.807, 2.05) is 0 Å². The third-order valence-electron chi connectivity index (χ3n) is 2.57. The first kappa shape index (κ1) is 16.4. The third-order valence-corrected chi connectivity index (χ3v) is 2.57. The molecule has 0 unspecified atom stereocenters. The van der Waals surface area contributed by atoms with Gasteiger partial charge in [0.2, 0.25) is 0 Å². The van der Waals surface area contributed by atoms with Gasteiger partial charge in [-0.05, 0) is 24.3 Å². The van der Waals surface area contributed by atoms with Crippen LogP contribution in [0.4, 0.5) is 20.2 Å². The van der Waals surface area contributed by atoms with E-state index in [9.17, 15) is 13.6 Å². The number of aliphatic hydroxyl groups excluding tert-OH is 1. The van der Waals surface area contributed by atoms with Crippen molar-refractivity contribution in [2.45, 2.75) is 6.61 Å². The van der Waals surface area contributed by atoms with Crippen LogP contribution in [0.25, 0.3) is 0 Å². The molecule has 0 saturated carbocycles. The van der Waals surface area contributed by atoms with Crippen molar-refractivity contribution in [3.8, 4) is 0 Å². The lowest BCUT2D eigenvalue weighted by molar-refractivity contribution is 0.0693. The van der Waals surface area contributed by atoms with Gasteiger partial charge in [0.1, 0.15) is 17.2 Å². The fraction of sp³-hybridized carbons (Fsp3) is 0.0714. The molecule has 7 heteroatoms. The molecule has 6 N–H and O–H groups in total. The molecule has 0 fully saturated rings. The van der Waals surface area contributed by atoms with Crippen molar-refractivity contribution in [1.82, 2.24) is 0 Å². The molecule has 5 nitrogen and oxygen atoms in total. The lowest BCUT2D eigenvalue weighted by Crippen LogP contribution is -2.04. The number of carboxylic acid groups (broad SMARTS) is 1. The summed E-state index contributed by atoms with van der Waals surface area (Å²) in [4.78, 5) is 10.3. The standard InChI is InChI=1S/C7H6FNO2.C7H8FNO/c8-4-2-1-3-5(9)6(4)7(10)11;8-6-2-1-3-7(9)5(6)4-10/h1-3H,9H2,(H,10,11);1-3,10H,4,9H2. The molecule has 2 rings (SSSR count). The average molecular weight is 296 g/mol. The van der Waals surface area contributed by atoms with Gasteiger partial charge >= 0.3 is 5.97 Å². The molecular weight excluding hydrogens is 282 g/mol. The molecule has 0 aliphatic rings. The predicted molar refractivity (Wildman–Crippen MR) is 74.5 cm³/mol. The number of hydrogen-bond acceptors (Lipinski definition) is 4. The third kappa shape index (κ3) is 4.15. The Balaban J connectivity index is 0.000000211. The van der Waals surface area contributed by atoms with Crippen LogP contribution in [-0.4, -0.2) is 16.2 Å². The summed E-state index contributed by atoms with van der Waals surface area (Å²) < 4.78 is 25.3. The van der Waals surface area contributed by atoms with Crippen LogP contribution in [0, 0.1) is 11.6 Å². The summed E-state index contributed by atoms with van der Waals surface area (Å²) in [6.07, 6.45) is 0. The zero-order valence-corrected chi connectivity index (χ0v) is 10.9. The first-order chi connectivity index (χ1) is 9.88. The van der Waals surface area contributed by atoms with Crippen molar-refractivity contribution in [3.63, 3.8) is 0 Å². The van der Waals surface area contributed by atoms with Crippen molar-refractivity contribution in [2.75, 3.05) is 11.5 Å². The number of benzene rings is 2. The maximum atomic E-state index is 12.6. The zero-order chi connectivity index (χ0) is 16.0. The van der Waals surface area contributed by atoms with E-state index in [1.165, 1.54) is 24.3 Å². The van der Waals surface area contributed by atoms with Crippen molar-refractivity contribution in [1.29, 1.82) is 0 Å². The molecule has 0 atom stereocenters. The summed E-state index contributed by atoms with van der Waals surface area (Å²) in [6.45, 7) is -0.349. The minimum atomic E-state index is -1.35. The zero-order valence-electron chi connectivity index (χ0n) is 10.9. The lowest BCUT2D eigenvalue weighted by atomic mass is 10.2. The molecule has 2 aromatic carbocycles. The van der Waals surface area contributed by atoms with Gasteiger partial charge in [0.15, 0.2) is 0 Å². The van der Waals surface area contributed by atoms with Gasteiger partial charge < -0.3 is 21.7 Å². The average Bonchev–Trinajstić information content (AvgIpc) is 2.39. The maximum Gasteiger partial charge on any atom is 0.340 e. The Kier molecular flexibility index (Phi) is 5.62. The largest absolute Gasteiger partial charge is 0.478 e. The van der Waals surface area contributed by atoms with Gasteiger partial charge in [0.05, 0.1) is 6.61 Å². The Labute approximate surface area is 119 Å². The van der Waals surface area contributed by atoms with E-state index >= 15 is 0 Å². The number of nitrogens with two attached hydrogens (primary N) is 2. The number of aromatic carboxylic acids is 1. The summed E-state index contributed by atoms with van der Waals surface area (Å²) in [6, 6.07) is 8.07. The van der Waals surface area contributed by atoms with E-state index in [0.29, 0.717) is 5.69 Å². The minimum absolute atomic E-state index is 0.0579. The molecule has 0 aliphatic carbocycles. The first-order valence-corrected chi connectivity index (χ1v) is 5.79. The molecule has 0 bridgehead atoms. The molecular formula is C14H14F2N2O3. The van der Waals surface area contributed by atoms with Crippen LogP contribution in [-0.2, 0) is 6.61 Å². The highest BCUT2D eigenvalue weighted by atomic mass is 19.1. The van der Waals surface area contributed by atoms with Crippen LogP contribution >= 0.6 is 0 Å². The molecule has 112 valence electrons. The fourth-order valence-corrected chi connectivity index (χ4v) is 1.51. The second-order valence-electron chi connectivity index (χ2n) is 3.97. The second kappa shape index (κ2) is 7.20. The van der Waals surface area contributed by atoms with Crippen LogP contribution in [0.2, 0.25) is 0 Å². The van der Waals surface area contributed by atoms with E-state index in [0.717, 1.165) is 6.07 Å². The summed E-state index contributed by atoms with van der Waals surface area (Å²) in [5.41, 5.74) is 10.5. The minimum Gasteiger partial charge on any atom is -0.478 e. The van der Waals surface area contributed by atoms with Gasteiger partial charge in [0, 0.05) is 16.9 Å². The number of nitrogen functional groups attached to an aromatic ring is 2. The monoisotopic (exact) mass is 296 g/mol. The number of halogens is 2. The molecule has 0 spiro atoms. The van der Waals surface area contributed by atoms with Crippen molar-refractivity contribution < 1.29 is 23.8 Å². The summed E-state index contributed by atoms with van der Waals surface area (Å²) in [7, 11) is 0. The number of aliphatic hydroxyl groups is 1. The molecule has 0 amide bonds. The number of rotatable bonds is 2. The van der Waals surface area contributed by atoms with Crippen LogP contribution in [0.5, 0.6) is 0 Å². The highest BCUT2D eigenvalue weighted by molar-refractivity contribution is 5.93. The SMILES string of the molecule is Nc1cccc(F)c1C(=O)O.Nc1cccc(F)c1CO. The Morgan fingerprint density at radius 1 is 1.00 bits per heavy atom. The van der Waals surface area contributed by atoms with E-state index in [-0.39, 0.29) is 17.9 Å². The second-order valence-corrected chi connectivity index (χ2v) is 3.97. The topological polar surface area (TPSA) is 110 Å². The van der Waals surface area contributed by atoms with Crippen molar-refractivity contribution in [3.05, 3.63) is 59.2 Å². The van der Waals surface area contributed by atoms with E-state index < -0.39 is 23.2 Å². The summed E-state index contributed by atoms with van der Waals surface area (Å²) in [5.74, 6) is -2.61. The van der Waals surface area contributed by atoms with E-state index in [1.54, 1.807) is 6.07 Å². The normalized spacial score (nSPS) is 9.67. The molecule has 21 heavy (non-hydrogen) atoms. The summed E-state index contributed by atoms with van der Waals surface area (Å²) in [5, 5.41) is 17.0. The Bertz CT molecular complexity index is 608. The Morgan fingerprint density at radius 3 is 1.86 bits per heavy atom. The number of carbonyl (C=O) groups is 1. The van der Waals surface area contributed by atoms with Gasteiger partial charge in [0.25, 0.3) is 0 Å². The van der Waals surface area contributed by atoms with Gasteiger partial charge in [-0.15, -0.1) is 0 Å². The Hall–Kier alpha value is -2.67. The van der Waals surface area contributed by atoms with Gasteiger partial charge in [-0.1, -0.05) is 12.1 Å². The number of hydrogen-bond donors (Lipinski definition) is 4. The molecule has 0 aliphatic heterocycles. The Morgan fingerprint density at radius 2 is 1.52 bits per heavy atom. The smallest absolute Gasteiger partial charge is 0.340 e. The molecule has 0 radical (unpaired) electrons. The van der Waals surface area contributed by atoms with Crippen LogP contribution in [0.15, 0.2) is 36.4 Å². The number of anilines is 2.